The quantitative estimate of drug-likeness (QED) is 0.549. The van der Waals surface area contributed by atoms with Crippen molar-refractivity contribution in [1.82, 2.24) is 24.6 Å². The van der Waals surface area contributed by atoms with Gasteiger partial charge in [-0.2, -0.15) is 5.10 Å². The van der Waals surface area contributed by atoms with E-state index < -0.39 is 0 Å². The van der Waals surface area contributed by atoms with Gasteiger partial charge in [-0.05, 0) is 24.3 Å². The summed E-state index contributed by atoms with van der Waals surface area (Å²) in [6, 6.07) is 18.2. The Hall–Kier alpha value is -3.94. The summed E-state index contributed by atoms with van der Waals surface area (Å²) in [5.74, 6) is 0.577. The molecule has 0 spiro atoms. The van der Waals surface area contributed by atoms with Crippen LogP contribution in [0.25, 0.3) is 11.0 Å². The molecule has 0 bridgehead atoms. The number of nitrogens with zero attached hydrogens (tertiary/aromatic N) is 4. The number of hydrogen-bond donors (Lipinski definition) is 2. The fourth-order valence-electron chi connectivity index (χ4n) is 3.08. The summed E-state index contributed by atoms with van der Waals surface area (Å²) >= 11 is 0. The van der Waals surface area contributed by atoms with Crippen LogP contribution in [0.5, 0.6) is 0 Å². The number of amides is 2. The first-order valence-electron chi connectivity index (χ1n) is 9.12. The predicted octanol–water partition coefficient (Wildman–Crippen LogP) is 2.49. The van der Waals surface area contributed by atoms with Gasteiger partial charge < -0.3 is 15.2 Å². The molecular formula is C21H20N6O2. The molecule has 2 N–H and O–H groups in total. The summed E-state index contributed by atoms with van der Waals surface area (Å²) in [7, 11) is 3.58. The van der Waals surface area contributed by atoms with E-state index in [1.165, 1.54) is 4.68 Å². The zero-order chi connectivity index (χ0) is 20.4. The standard InChI is InChI=1S/C21H20N6O2/c1-26-17-11-7-6-10-15(17)23-19(26)13-22-21(29)16-12-18(27(2)25-16)24-20(28)14-8-4-3-5-9-14/h3-12H,13H2,1-2H3,(H,22,29)(H,24,28). The molecule has 2 amide bonds. The Morgan fingerprint density at radius 1 is 0.966 bits per heavy atom. The zero-order valence-corrected chi connectivity index (χ0v) is 16.1. The molecule has 8 nitrogen and oxygen atoms in total. The number of carbonyl (C=O) groups is 2. The molecule has 2 aromatic carbocycles. The number of anilines is 1. The number of aryl methyl sites for hydroxylation is 2. The normalized spacial score (nSPS) is 10.8. The maximum atomic E-state index is 12.5. The summed E-state index contributed by atoms with van der Waals surface area (Å²) in [6.07, 6.45) is 0. The fraction of sp³-hybridized carbons (Fsp3) is 0.143. The maximum absolute atomic E-state index is 12.5. The van der Waals surface area contributed by atoms with Gasteiger partial charge in [0.15, 0.2) is 5.69 Å². The molecule has 146 valence electrons. The molecule has 0 saturated heterocycles. The molecule has 0 aliphatic carbocycles. The van der Waals surface area contributed by atoms with Crippen LogP contribution >= 0.6 is 0 Å². The topological polar surface area (TPSA) is 93.8 Å². The van der Waals surface area contributed by atoms with Crippen LogP contribution in [0.15, 0.2) is 60.7 Å². The SMILES string of the molecule is Cn1nc(C(=O)NCc2nc3ccccc3n2C)cc1NC(=O)c1ccccc1. The number of nitrogens with one attached hydrogen (secondary N) is 2. The van der Waals surface area contributed by atoms with E-state index in [9.17, 15) is 9.59 Å². The van der Waals surface area contributed by atoms with Crippen molar-refractivity contribution >= 4 is 28.7 Å². The van der Waals surface area contributed by atoms with Gasteiger partial charge in [0.25, 0.3) is 11.8 Å². The number of fused-ring (bicyclic) bond motifs is 1. The minimum atomic E-state index is -0.340. The summed E-state index contributed by atoms with van der Waals surface area (Å²) in [5.41, 5.74) is 2.62. The number of hydrogen-bond acceptors (Lipinski definition) is 4. The Bertz CT molecular complexity index is 1190. The first-order chi connectivity index (χ1) is 14.0. The van der Waals surface area contributed by atoms with Crippen LogP contribution in [0.3, 0.4) is 0 Å². The molecule has 2 aromatic heterocycles. The van der Waals surface area contributed by atoms with Crippen LogP contribution in [-0.4, -0.2) is 31.1 Å². The molecule has 0 aliphatic heterocycles. The smallest absolute Gasteiger partial charge is 0.272 e. The molecular weight excluding hydrogens is 368 g/mol. The Kier molecular flexibility index (Phi) is 4.82. The fourth-order valence-corrected chi connectivity index (χ4v) is 3.08. The Morgan fingerprint density at radius 3 is 2.45 bits per heavy atom. The third-order valence-corrected chi connectivity index (χ3v) is 4.68. The minimum Gasteiger partial charge on any atom is -0.343 e. The third-order valence-electron chi connectivity index (χ3n) is 4.68. The lowest BCUT2D eigenvalue weighted by Crippen LogP contribution is -2.25. The molecule has 8 heteroatoms. The van der Waals surface area contributed by atoms with E-state index in [0.717, 1.165) is 16.9 Å². The minimum absolute atomic E-state index is 0.217. The molecule has 2 heterocycles. The number of carbonyl (C=O) groups excluding carboxylic acids is 2. The van der Waals surface area contributed by atoms with Crippen molar-refractivity contribution in [3.8, 4) is 0 Å². The first kappa shape index (κ1) is 18.4. The molecule has 4 rings (SSSR count). The van der Waals surface area contributed by atoms with Crippen LogP contribution < -0.4 is 10.6 Å². The first-order valence-corrected chi connectivity index (χ1v) is 9.12. The Morgan fingerprint density at radius 2 is 1.69 bits per heavy atom. The van der Waals surface area contributed by atoms with Crippen molar-refractivity contribution in [2.75, 3.05) is 5.32 Å². The average Bonchev–Trinajstić information content (AvgIpc) is 3.27. The zero-order valence-electron chi connectivity index (χ0n) is 16.1. The van der Waals surface area contributed by atoms with Gasteiger partial charge in [-0.25, -0.2) is 4.98 Å². The van der Waals surface area contributed by atoms with Crippen LogP contribution in [0, 0.1) is 0 Å². The summed E-state index contributed by atoms with van der Waals surface area (Å²) < 4.78 is 3.41. The third kappa shape index (κ3) is 3.73. The number of imidazole rings is 1. The summed E-state index contributed by atoms with van der Waals surface area (Å²) in [4.78, 5) is 29.4. The summed E-state index contributed by atoms with van der Waals surface area (Å²) in [5, 5.41) is 9.80. The molecule has 0 radical (unpaired) electrons. The van der Waals surface area contributed by atoms with E-state index in [0.29, 0.717) is 11.4 Å². The lowest BCUT2D eigenvalue weighted by atomic mass is 10.2. The Balaban J connectivity index is 1.44. The number of para-hydroxylation sites is 2. The second kappa shape index (κ2) is 7.59. The van der Waals surface area contributed by atoms with Gasteiger partial charge in [-0.1, -0.05) is 30.3 Å². The molecule has 0 fully saturated rings. The van der Waals surface area contributed by atoms with E-state index in [4.69, 9.17) is 0 Å². The van der Waals surface area contributed by atoms with Crippen molar-refractivity contribution < 1.29 is 9.59 Å². The van der Waals surface area contributed by atoms with Crippen molar-refractivity contribution in [2.24, 2.45) is 14.1 Å². The lowest BCUT2D eigenvalue weighted by Gasteiger charge is -2.04. The van der Waals surface area contributed by atoms with Crippen LogP contribution in [0.1, 0.15) is 26.7 Å². The van der Waals surface area contributed by atoms with Gasteiger partial charge in [0, 0.05) is 25.7 Å². The molecule has 0 aliphatic rings. The second-order valence-corrected chi connectivity index (χ2v) is 6.62. The Labute approximate surface area is 167 Å². The van der Waals surface area contributed by atoms with Crippen molar-refractivity contribution in [3.63, 3.8) is 0 Å². The van der Waals surface area contributed by atoms with E-state index >= 15 is 0 Å². The highest BCUT2D eigenvalue weighted by atomic mass is 16.2. The number of aromatic nitrogens is 4. The molecule has 0 unspecified atom stereocenters. The van der Waals surface area contributed by atoms with Gasteiger partial charge in [0.05, 0.1) is 17.6 Å². The summed E-state index contributed by atoms with van der Waals surface area (Å²) in [6.45, 7) is 0.270. The molecule has 4 aromatic rings. The largest absolute Gasteiger partial charge is 0.343 e. The van der Waals surface area contributed by atoms with Crippen LogP contribution in [0.2, 0.25) is 0 Å². The van der Waals surface area contributed by atoms with Gasteiger partial charge in [0.2, 0.25) is 0 Å². The molecule has 0 atom stereocenters. The van der Waals surface area contributed by atoms with Crippen molar-refractivity contribution in [3.05, 3.63) is 77.7 Å². The van der Waals surface area contributed by atoms with Crippen LogP contribution in [-0.2, 0) is 20.6 Å². The van der Waals surface area contributed by atoms with E-state index in [1.807, 2.05) is 41.9 Å². The number of benzene rings is 2. The molecule has 0 saturated carbocycles. The van der Waals surface area contributed by atoms with E-state index in [-0.39, 0.29) is 24.1 Å². The van der Waals surface area contributed by atoms with Crippen LogP contribution in [0.4, 0.5) is 5.82 Å². The highest BCUT2D eigenvalue weighted by Crippen LogP contribution is 2.15. The highest BCUT2D eigenvalue weighted by molar-refractivity contribution is 6.04. The second-order valence-electron chi connectivity index (χ2n) is 6.62. The van der Waals surface area contributed by atoms with E-state index in [2.05, 4.69) is 20.7 Å². The maximum Gasteiger partial charge on any atom is 0.272 e. The lowest BCUT2D eigenvalue weighted by molar-refractivity contribution is 0.0943. The predicted molar refractivity (Wildman–Crippen MR) is 109 cm³/mol. The van der Waals surface area contributed by atoms with Crippen molar-refractivity contribution in [1.29, 1.82) is 0 Å². The van der Waals surface area contributed by atoms with Gasteiger partial charge >= 0.3 is 0 Å². The van der Waals surface area contributed by atoms with E-state index in [1.54, 1.807) is 37.4 Å². The average molecular weight is 388 g/mol. The van der Waals surface area contributed by atoms with Gasteiger partial charge in [-0.3, -0.25) is 14.3 Å². The van der Waals surface area contributed by atoms with Gasteiger partial charge in [0.1, 0.15) is 11.6 Å². The monoisotopic (exact) mass is 388 g/mol. The van der Waals surface area contributed by atoms with Gasteiger partial charge in [-0.15, -0.1) is 0 Å². The molecule has 29 heavy (non-hydrogen) atoms. The highest BCUT2D eigenvalue weighted by Gasteiger charge is 2.16. The number of rotatable bonds is 5. The van der Waals surface area contributed by atoms with Crippen molar-refractivity contribution in [2.45, 2.75) is 6.54 Å².